The SMILES string of the molecule is CC(c1ccc(C=O)cc1)C1CC(C2CCC3CC(O)C4(CCCC4)C3N2)C2(O)CN12. The molecule has 3 heterocycles. The maximum atomic E-state index is 11.5. The van der Waals surface area contributed by atoms with Crippen LogP contribution in [-0.4, -0.2) is 57.9 Å². The van der Waals surface area contributed by atoms with Crippen LogP contribution < -0.4 is 5.32 Å². The smallest absolute Gasteiger partial charge is 0.150 e. The molecule has 3 aliphatic heterocycles. The van der Waals surface area contributed by atoms with Crippen LogP contribution in [0.1, 0.15) is 80.1 Å². The van der Waals surface area contributed by atoms with Gasteiger partial charge in [0.2, 0.25) is 0 Å². The van der Waals surface area contributed by atoms with Crippen LogP contribution in [0.5, 0.6) is 0 Å². The molecule has 9 atom stereocenters. The largest absolute Gasteiger partial charge is 0.392 e. The highest BCUT2D eigenvalue weighted by molar-refractivity contribution is 5.74. The molecule has 5 nitrogen and oxygen atoms in total. The molecule has 2 saturated carbocycles. The Morgan fingerprint density at radius 2 is 1.90 bits per heavy atom. The van der Waals surface area contributed by atoms with Gasteiger partial charge in [0.05, 0.1) is 6.10 Å². The van der Waals surface area contributed by atoms with Gasteiger partial charge >= 0.3 is 0 Å². The zero-order valence-corrected chi connectivity index (χ0v) is 18.5. The van der Waals surface area contributed by atoms with E-state index in [0.717, 1.165) is 44.9 Å². The molecular weight excluding hydrogens is 388 g/mol. The van der Waals surface area contributed by atoms with Crippen molar-refractivity contribution in [3.8, 4) is 0 Å². The average molecular weight is 425 g/mol. The zero-order chi connectivity index (χ0) is 21.4. The van der Waals surface area contributed by atoms with Gasteiger partial charge in [-0.1, -0.05) is 44.0 Å². The molecule has 0 aromatic heterocycles. The van der Waals surface area contributed by atoms with Gasteiger partial charge in [-0.05, 0) is 55.9 Å². The first kappa shape index (κ1) is 20.3. The molecule has 0 radical (unpaired) electrons. The molecular formula is C26H36N2O3. The van der Waals surface area contributed by atoms with E-state index in [1.165, 1.54) is 24.8 Å². The van der Waals surface area contributed by atoms with Crippen molar-refractivity contribution < 1.29 is 15.0 Å². The molecule has 3 saturated heterocycles. The molecule has 9 unspecified atom stereocenters. The normalized spacial score (nSPS) is 46.0. The lowest BCUT2D eigenvalue weighted by molar-refractivity contribution is 0.00900. The highest BCUT2D eigenvalue weighted by atomic mass is 16.3. The summed E-state index contributed by atoms with van der Waals surface area (Å²) in [6, 6.07) is 9.03. The van der Waals surface area contributed by atoms with Crippen molar-refractivity contribution in [1.29, 1.82) is 0 Å². The van der Waals surface area contributed by atoms with Gasteiger partial charge in [-0.2, -0.15) is 0 Å². The molecule has 31 heavy (non-hydrogen) atoms. The fourth-order valence-electron chi connectivity index (χ4n) is 8.21. The van der Waals surface area contributed by atoms with Crippen molar-refractivity contribution >= 4 is 6.29 Å². The predicted octanol–water partition coefficient (Wildman–Crippen LogP) is 3.06. The fraction of sp³-hybridized carbons (Fsp3) is 0.731. The number of rotatable bonds is 4. The molecule has 6 rings (SSSR count). The summed E-state index contributed by atoms with van der Waals surface area (Å²) >= 11 is 0. The molecule has 1 aromatic carbocycles. The maximum absolute atomic E-state index is 11.5. The van der Waals surface area contributed by atoms with Gasteiger partial charge in [-0.25, -0.2) is 0 Å². The van der Waals surface area contributed by atoms with E-state index in [0.29, 0.717) is 35.5 Å². The minimum Gasteiger partial charge on any atom is -0.392 e. The number of hydrogen-bond acceptors (Lipinski definition) is 5. The molecule has 168 valence electrons. The van der Waals surface area contributed by atoms with Gasteiger partial charge in [0, 0.05) is 41.6 Å². The second-order valence-corrected chi connectivity index (χ2v) is 11.3. The van der Waals surface area contributed by atoms with Crippen LogP contribution in [0.4, 0.5) is 0 Å². The molecule has 0 bridgehead atoms. The number of nitrogens with zero attached hydrogens (tertiary/aromatic N) is 1. The molecule has 1 spiro atoms. The van der Waals surface area contributed by atoms with Crippen LogP contribution in [0.3, 0.4) is 0 Å². The Hall–Kier alpha value is -1.27. The summed E-state index contributed by atoms with van der Waals surface area (Å²) in [6.45, 7) is 3.03. The molecule has 1 aromatic rings. The number of carbonyl (C=O) groups excluding carboxylic acids is 1. The summed E-state index contributed by atoms with van der Waals surface area (Å²) in [4.78, 5) is 13.3. The van der Waals surface area contributed by atoms with Gasteiger partial charge in [-0.3, -0.25) is 9.69 Å². The molecule has 5 aliphatic rings. The number of fused-ring (bicyclic) bond motifs is 3. The van der Waals surface area contributed by atoms with E-state index in [4.69, 9.17) is 0 Å². The van der Waals surface area contributed by atoms with Crippen molar-refractivity contribution in [2.75, 3.05) is 6.54 Å². The molecule has 0 amide bonds. The number of nitrogens with one attached hydrogen (secondary N) is 1. The number of benzene rings is 1. The fourth-order valence-corrected chi connectivity index (χ4v) is 8.21. The van der Waals surface area contributed by atoms with Crippen molar-refractivity contribution in [1.82, 2.24) is 10.2 Å². The number of aliphatic hydroxyl groups is 2. The predicted molar refractivity (Wildman–Crippen MR) is 119 cm³/mol. The Kier molecular flexibility index (Phi) is 4.67. The lowest BCUT2D eigenvalue weighted by Crippen LogP contribution is -2.57. The number of hydrogen-bond donors (Lipinski definition) is 3. The molecule has 5 heteroatoms. The molecule has 2 aliphatic carbocycles. The Morgan fingerprint density at radius 3 is 2.61 bits per heavy atom. The van der Waals surface area contributed by atoms with Gasteiger partial charge < -0.3 is 15.5 Å². The van der Waals surface area contributed by atoms with Gasteiger partial charge in [-0.15, -0.1) is 0 Å². The van der Waals surface area contributed by atoms with Gasteiger partial charge in [0.15, 0.2) is 0 Å². The van der Waals surface area contributed by atoms with E-state index in [2.05, 4.69) is 29.3 Å². The minimum atomic E-state index is -0.660. The van der Waals surface area contributed by atoms with Crippen LogP contribution in [-0.2, 0) is 0 Å². The highest BCUT2D eigenvalue weighted by Gasteiger charge is 2.68. The standard InChI is InChI=1S/C26H36N2O3/c1-16(18-6-4-17(14-29)5-7-18)22-13-20(26(31)15-28(22)26)21-9-8-19-12-23(30)25(24(19)27-21)10-2-3-11-25/h4-7,14,16,19-24,27,30-31H,2-3,8-13,15H2,1H3. The van der Waals surface area contributed by atoms with E-state index in [9.17, 15) is 15.0 Å². The Morgan fingerprint density at radius 1 is 1.16 bits per heavy atom. The quantitative estimate of drug-likeness (QED) is 0.512. The highest BCUT2D eigenvalue weighted by Crippen LogP contribution is 2.58. The first-order valence-corrected chi connectivity index (χ1v) is 12.4. The van der Waals surface area contributed by atoms with Gasteiger partial charge in [0.1, 0.15) is 12.0 Å². The van der Waals surface area contributed by atoms with Gasteiger partial charge in [0.25, 0.3) is 0 Å². The van der Waals surface area contributed by atoms with Crippen LogP contribution in [0.15, 0.2) is 24.3 Å². The van der Waals surface area contributed by atoms with Crippen molar-refractivity contribution in [2.24, 2.45) is 17.3 Å². The first-order valence-electron chi connectivity index (χ1n) is 12.4. The van der Waals surface area contributed by atoms with Crippen molar-refractivity contribution in [2.45, 2.75) is 94.2 Å². The number of carbonyl (C=O) groups is 1. The second-order valence-electron chi connectivity index (χ2n) is 11.3. The summed E-state index contributed by atoms with van der Waals surface area (Å²) in [5.41, 5.74) is 1.38. The number of aliphatic hydroxyl groups excluding tert-OH is 1. The summed E-state index contributed by atoms with van der Waals surface area (Å²) in [7, 11) is 0. The number of aldehydes is 1. The van der Waals surface area contributed by atoms with Crippen LogP contribution in [0.2, 0.25) is 0 Å². The second kappa shape index (κ2) is 7.11. The lowest BCUT2D eigenvalue weighted by atomic mass is 9.72. The van der Waals surface area contributed by atoms with E-state index in [1.807, 2.05) is 12.1 Å². The summed E-state index contributed by atoms with van der Waals surface area (Å²) in [5.74, 6) is 1.18. The van der Waals surface area contributed by atoms with E-state index in [-0.39, 0.29) is 17.4 Å². The zero-order valence-electron chi connectivity index (χ0n) is 18.5. The molecule has 5 fully saturated rings. The van der Waals surface area contributed by atoms with Crippen LogP contribution in [0, 0.1) is 17.3 Å². The minimum absolute atomic E-state index is 0.0841. The first-order chi connectivity index (χ1) is 15.0. The Labute approximate surface area is 185 Å². The third kappa shape index (κ3) is 2.93. The Bertz CT molecular complexity index is 851. The number of piperidine rings is 2. The van der Waals surface area contributed by atoms with Crippen molar-refractivity contribution in [3.05, 3.63) is 35.4 Å². The third-order valence-corrected chi connectivity index (χ3v) is 10.0. The maximum Gasteiger partial charge on any atom is 0.150 e. The summed E-state index contributed by atoms with van der Waals surface area (Å²) in [6.07, 6.45) is 9.82. The Balaban J connectivity index is 1.20. The lowest BCUT2D eigenvalue weighted by Gasteiger charge is -2.44. The van der Waals surface area contributed by atoms with Crippen LogP contribution >= 0.6 is 0 Å². The topological polar surface area (TPSA) is 72.6 Å². The monoisotopic (exact) mass is 424 g/mol. The summed E-state index contributed by atoms with van der Waals surface area (Å²) in [5, 5.41) is 26.4. The van der Waals surface area contributed by atoms with Crippen molar-refractivity contribution in [3.63, 3.8) is 0 Å². The third-order valence-electron chi connectivity index (χ3n) is 10.0. The van der Waals surface area contributed by atoms with E-state index < -0.39 is 5.72 Å². The van der Waals surface area contributed by atoms with Crippen LogP contribution in [0.25, 0.3) is 0 Å². The van der Waals surface area contributed by atoms with E-state index >= 15 is 0 Å². The molecule has 3 N–H and O–H groups in total. The summed E-state index contributed by atoms with van der Waals surface area (Å²) < 4.78 is 0. The van der Waals surface area contributed by atoms with E-state index in [1.54, 1.807) is 0 Å². The average Bonchev–Trinajstić information content (AvgIpc) is 3.12.